The number of fused-ring (bicyclic) bond motifs is 8. The average Bonchev–Trinajstić information content (AvgIpc) is 3.57. The van der Waals surface area contributed by atoms with Crippen LogP contribution in [-0.4, -0.2) is 6.85 Å². The maximum absolute atomic E-state index is 6.71. The fraction of sp³-hybridized carbons (Fsp3) is 0. The molecule has 1 aromatic heterocycles. The lowest BCUT2D eigenvalue weighted by Gasteiger charge is -2.45. The second kappa shape index (κ2) is 10.5. The minimum Gasteiger partial charge on any atom is -0.454 e. The van der Waals surface area contributed by atoms with Gasteiger partial charge in [0.2, 0.25) is 0 Å². The van der Waals surface area contributed by atoms with E-state index in [1.165, 1.54) is 66.7 Å². The van der Waals surface area contributed by atoms with Crippen molar-refractivity contribution < 1.29 is 4.42 Å². The number of hydrogen-bond acceptors (Lipinski definition) is 3. The average molecular weight is 637 g/mol. The summed E-state index contributed by atoms with van der Waals surface area (Å²) in [6.07, 6.45) is 0. The van der Waals surface area contributed by atoms with Crippen molar-refractivity contribution in [3.8, 4) is 22.3 Å². The Labute approximate surface area is 290 Å². The van der Waals surface area contributed by atoms with Crippen molar-refractivity contribution in [1.82, 2.24) is 0 Å². The largest absolute Gasteiger partial charge is 0.454 e. The molecule has 0 radical (unpaired) electrons. The first-order valence-corrected chi connectivity index (χ1v) is 17.2. The number of furan rings is 1. The molecule has 2 aliphatic rings. The van der Waals surface area contributed by atoms with Crippen LogP contribution < -0.4 is 20.6 Å². The molecule has 0 N–H and O–H groups in total. The zero-order valence-corrected chi connectivity index (χ0v) is 27.1. The van der Waals surface area contributed by atoms with E-state index in [9.17, 15) is 0 Å². The maximum atomic E-state index is 6.71. The molecule has 0 unspecified atom stereocenters. The van der Waals surface area contributed by atoms with Gasteiger partial charge in [-0.2, -0.15) is 0 Å². The van der Waals surface area contributed by atoms with Crippen molar-refractivity contribution in [3.05, 3.63) is 176 Å². The monoisotopic (exact) mass is 636 g/mol. The van der Waals surface area contributed by atoms with Gasteiger partial charge in [-0.1, -0.05) is 140 Å². The summed E-state index contributed by atoms with van der Waals surface area (Å²) in [6.45, 7) is -0.0806. The van der Waals surface area contributed by atoms with Gasteiger partial charge in [-0.3, -0.25) is 0 Å². The summed E-state index contributed by atoms with van der Waals surface area (Å²) < 4.78 is 6.71. The maximum Gasteiger partial charge on any atom is 0.333 e. The molecule has 4 heteroatoms. The molecule has 2 aliphatic heterocycles. The molecule has 3 nitrogen and oxygen atoms in total. The number of nitrogens with zero attached hydrogens (tertiary/aromatic N) is 2. The van der Waals surface area contributed by atoms with E-state index in [2.05, 4.69) is 180 Å². The van der Waals surface area contributed by atoms with Crippen molar-refractivity contribution in [3.63, 3.8) is 0 Å². The normalized spacial score (nSPS) is 13.1. The first kappa shape index (κ1) is 27.4. The third kappa shape index (κ3) is 3.76. The summed E-state index contributed by atoms with van der Waals surface area (Å²) in [4.78, 5) is 5.04. The second-order valence-electron chi connectivity index (χ2n) is 13.2. The van der Waals surface area contributed by atoms with Crippen molar-refractivity contribution in [2.45, 2.75) is 0 Å². The van der Waals surface area contributed by atoms with Gasteiger partial charge in [0.25, 0.3) is 0 Å². The van der Waals surface area contributed by atoms with E-state index in [4.69, 9.17) is 4.42 Å². The van der Waals surface area contributed by atoms with Crippen LogP contribution in [0.4, 0.5) is 28.4 Å². The van der Waals surface area contributed by atoms with E-state index in [1.54, 1.807) is 0 Å². The first-order valence-electron chi connectivity index (χ1n) is 17.2. The van der Waals surface area contributed by atoms with Crippen LogP contribution in [-0.2, 0) is 0 Å². The Balaban J connectivity index is 1.24. The molecule has 232 valence electrons. The Morgan fingerprint density at radius 3 is 2.00 bits per heavy atom. The highest BCUT2D eigenvalue weighted by atomic mass is 16.3. The third-order valence-corrected chi connectivity index (χ3v) is 10.6. The molecule has 0 bridgehead atoms. The molecule has 0 atom stereocenters. The molecule has 3 heterocycles. The predicted octanol–water partition coefficient (Wildman–Crippen LogP) is 11.1. The van der Waals surface area contributed by atoms with Gasteiger partial charge in [0, 0.05) is 39.0 Å². The van der Waals surface area contributed by atoms with Gasteiger partial charge >= 0.3 is 6.85 Å². The molecule has 0 spiro atoms. The number of anilines is 5. The van der Waals surface area contributed by atoms with E-state index in [-0.39, 0.29) is 6.85 Å². The van der Waals surface area contributed by atoms with Crippen molar-refractivity contribution in [2.75, 3.05) is 9.71 Å². The highest BCUT2D eigenvalue weighted by Crippen LogP contribution is 2.50. The van der Waals surface area contributed by atoms with Gasteiger partial charge in [-0.15, -0.1) is 0 Å². The van der Waals surface area contributed by atoms with Crippen LogP contribution in [0.5, 0.6) is 0 Å². The predicted molar refractivity (Wildman–Crippen MR) is 210 cm³/mol. The summed E-state index contributed by atoms with van der Waals surface area (Å²) >= 11 is 0. The third-order valence-electron chi connectivity index (χ3n) is 10.6. The van der Waals surface area contributed by atoms with E-state index in [0.29, 0.717) is 0 Å². The van der Waals surface area contributed by atoms with Crippen LogP contribution in [0.15, 0.2) is 180 Å². The van der Waals surface area contributed by atoms with Crippen LogP contribution >= 0.6 is 0 Å². The molecule has 0 fully saturated rings. The van der Waals surface area contributed by atoms with Gasteiger partial charge in [0.1, 0.15) is 5.58 Å². The van der Waals surface area contributed by atoms with Gasteiger partial charge in [-0.05, 0) is 69.2 Å². The number of para-hydroxylation sites is 4. The molecule has 0 aliphatic carbocycles. The standard InChI is InChI=1S/C46H29BN2O/c1-2-15-31(16-3-1)44-32-17-5-4-14-30(32)28-29-40(44)48-39-24-10-8-22-37(39)47-45-35(20-12-25-41(45)48)33-18-6-9-23-38(33)49(47)42-26-13-21-36-34-19-7-11-27-43(34)50-46(36)42/h1-29H. The smallest absolute Gasteiger partial charge is 0.333 e. The van der Waals surface area contributed by atoms with Gasteiger partial charge in [0.15, 0.2) is 5.58 Å². The lowest BCUT2D eigenvalue weighted by Crippen LogP contribution is -2.61. The van der Waals surface area contributed by atoms with Gasteiger partial charge in [0.05, 0.1) is 11.4 Å². The Bertz CT molecular complexity index is 2800. The zero-order valence-electron chi connectivity index (χ0n) is 27.1. The highest BCUT2D eigenvalue weighted by molar-refractivity contribution is 6.93. The minimum absolute atomic E-state index is 0.0806. The first-order chi connectivity index (χ1) is 24.8. The summed E-state index contributed by atoms with van der Waals surface area (Å²) in [5.74, 6) is 0. The Kier molecular flexibility index (Phi) is 5.76. The molecule has 0 saturated carbocycles. The van der Waals surface area contributed by atoms with Crippen molar-refractivity contribution in [2.24, 2.45) is 0 Å². The molecular weight excluding hydrogens is 607 g/mol. The van der Waals surface area contributed by atoms with Crippen LogP contribution in [0.1, 0.15) is 0 Å². The molecule has 9 aromatic rings. The topological polar surface area (TPSA) is 19.6 Å². The van der Waals surface area contributed by atoms with Crippen LogP contribution in [0.25, 0.3) is 55.0 Å². The zero-order chi connectivity index (χ0) is 32.8. The Morgan fingerprint density at radius 1 is 0.420 bits per heavy atom. The Morgan fingerprint density at radius 2 is 1.08 bits per heavy atom. The summed E-state index contributed by atoms with van der Waals surface area (Å²) in [6, 6.07) is 63.7. The lowest BCUT2D eigenvalue weighted by atomic mass is 9.43. The summed E-state index contributed by atoms with van der Waals surface area (Å²) in [5.41, 5.74) is 15.0. The van der Waals surface area contributed by atoms with Crippen LogP contribution in [0.3, 0.4) is 0 Å². The van der Waals surface area contributed by atoms with Crippen LogP contribution in [0.2, 0.25) is 0 Å². The van der Waals surface area contributed by atoms with E-state index >= 15 is 0 Å². The quantitative estimate of drug-likeness (QED) is 0.180. The molecule has 0 amide bonds. The fourth-order valence-electron chi connectivity index (χ4n) is 8.60. The summed E-state index contributed by atoms with van der Waals surface area (Å²) in [7, 11) is 0. The highest BCUT2D eigenvalue weighted by Gasteiger charge is 2.45. The number of hydrogen-bond donors (Lipinski definition) is 0. The molecule has 0 saturated heterocycles. The molecule has 8 aromatic carbocycles. The summed E-state index contributed by atoms with van der Waals surface area (Å²) in [5, 5.41) is 4.73. The van der Waals surface area contributed by atoms with E-state index in [0.717, 1.165) is 27.6 Å². The Hall–Kier alpha value is -6.52. The van der Waals surface area contributed by atoms with Crippen LogP contribution in [0, 0.1) is 0 Å². The number of rotatable bonds is 3. The van der Waals surface area contributed by atoms with Gasteiger partial charge in [-0.25, -0.2) is 0 Å². The lowest BCUT2D eigenvalue weighted by molar-refractivity contribution is 0.669. The molecular formula is C46H29BN2O. The van der Waals surface area contributed by atoms with Gasteiger partial charge < -0.3 is 14.1 Å². The molecule has 50 heavy (non-hydrogen) atoms. The number of benzene rings is 8. The molecule has 11 rings (SSSR count). The van der Waals surface area contributed by atoms with Crippen molar-refractivity contribution in [1.29, 1.82) is 0 Å². The minimum atomic E-state index is -0.0806. The second-order valence-corrected chi connectivity index (χ2v) is 13.2. The van der Waals surface area contributed by atoms with Crippen molar-refractivity contribution >= 4 is 78.9 Å². The fourth-order valence-corrected chi connectivity index (χ4v) is 8.60. The SMILES string of the molecule is c1ccc(-c2c(N3c4ccccc4B4c5c(cccc53)-c3ccccc3N4c3cccc4c3oc3ccccc34)ccc3ccccc23)cc1. The van der Waals surface area contributed by atoms with E-state index in [1.807, 2.05) is 6.07 Å². The van der Waals surface area contributed by atoms with E-state index < -0.39 is 0 Å².